The second-order valence-electron chi connectivity index (χ2n) is 13.6. The lowest BCUT2D eigenvalue weighted by Gasteiger charge is -2.31. The number of aliphatic carboxylic acids is 1. The molecule has 242 valence electrons. The Bertz CT molecular complexity index is 1290. The fraction of sp³-hybridized carbons (Fsp3) is 0.600. The topological polar surface area (TPSA) is 88.5 Å². The van der Waals surface area contributed by atoms with Crippen molar-refractivity contribution < 1.29 is 33.4 Å². The third-order valence-corrected chi connectivity index (χ3v) is 8.82. The number of methoxy groups -OCH3 is 1. The van der Waals surface area contributed by atoms with E-state index in [1.54, 1.807) is 7.11 Å². The van der Waals surface area contributed by atoms with Gasteiger partial charge in [-0.2, -0.15) is 0 Å². The molecule has 0 bridgehead atoms. The lowest BCUT2D eigenvalue weighted by Crippen LogP contribution is -2.45. The number of carbonyl (C=O) groups is 2. The van der Waals surface area contributed by atoms with Crippen LogP contribution >= 0.6 is 0 Å². The van der Waals surface area contributed by atoms with E-state index in [1.807, 2.05) is 29.2 Å². The van der Waals surface area contributed by atoms with Gasteiger partial charge in [0.2, 0.25) is 18.4 Å². The van der Waals surface area contributed by atoms with Crippen LogP contribution in [-0.2, 0) is 16.1 Å². The molecule has 0 spiro atoms. The minimum absolute atomic E-state index is 0.00190. The molecular weight excluding hydrogens is 558 g/mol. The first-order valence-corrected chi connectivity index (χ1v) is 16.1. The number of nitrogens with zero attached hydrogens (tertiary/aromatic N) is 3. The second kappa shape index (κ2) is 14.7. The summed E-state index contributed by atoms with van der Waals surface area (Å²) in [7, 11) is 8.05. The lowest BCUT2D eigenvalue weighted by atomic mass is 9.81. The van der Waals surface area contributed by atoms with Crippen LogP contribution in [0.1, 0.15) is 69.9 Å². The number of rotatable bonds is 15. The average molecular weight is 611 g/mol. The zero-order chi connectivity index (χ0) is 32.0. The molecule has 9 heteroatoms. The van der Waals surface area contributed by atoms with Crippen LogP contribution in [0.15, 0.2) is 36.4 Å². The maximum atomic E-state index is 14.2. The molecule has 2 unspecified atom stereocenters. The molecule has 2 aliphatic heterocycles. The van der Waals surface area contributed by atoms with Crippen molar-refractivity contribution in [2.45, 2.75) is 71.4 Å². The number of ether oxygens (including phenoxy) is 3. The minimum Gasteiger partial charge on any atom is -0.493 e. The van der Waals surface area contributed by atoms with E-state index in [1.165, 1.54) is 5.56 Å². The number of carbonyl (C=O) groups excluding carboxylic acids is 1. The number of benzene rings is 2. The number of carboxylic acids is 1. The quantitative estimate of drug-likeness (QED) is 0.257. The van der Waals surface area contributed by atoms with E-state index >= 15 is 0 Å². The third kappa shape index (κ3) is 8.04. The molecule has 2 heterocycles. The summed E-state index contributed by atoms with van der Waals surface area (Å²) in [6.07, 6.45) is 4.61. The number of hydrogen-bond acceptors (Lipinski definition) is 6. The second-order valence-corrected chi connectivity index (χ2v) is 13.6. The summed E-state index contributed by atoms with van der Waals surface area (Å²) < 4.78 is 17.7. The number of fused-ring (bicyclic) bond motifs is 1. The average Bonchev–Trinajstić information content (AvgIpc) is 3.57. The highest BCUT2D eigenvalue weighted by Gasteiger charge is 2.48. The van der Waals surface area contributed by atoms with Crippen molar-refractivity contribution in [1.82, 2.24) is 4.90 Å². The van der Waals surface area contributed by atoms with E-state index in [9.17, 15) is 14.7 Å². The highest BCUT2D eigenvalue weighted by molar-refractivity contribution is 5.95. The number of anilines is 1. The molecule has 1 saturated heterocycles. The van der Waals surface area contributed by atoms with Gasteiger partial charge < -0.3 is 28.7 Å². The summed E-state index contributed by atoms with van der Waals surface area (Å²) >= 11 is 0. The van der Waals surface area contributed by atoms with Gasteiger partial charge in [0.25, 0.3) is 0 Å². The Balaban J connectivity index is 1.67. The standard InChI is InChI=1S/C35H51N3O6/c1-8-10-15-37(27-14-11-13-25(17-27)22-38(4,5)6)32(39)21-36-20-28(33(35(40)41)29(36)16-24(3)12-9-2)26-18-30(42-7)34-31(19-26)43-23-44-34/h11,13-14,17-19,24,28-29,33H,8-10,12,15-16,20-23H2,1-7H3/p+1/t24?,28-,29+,33?/m1/s1. The van der Waals surface area contributed by atoms with E-state index in [-0.39, 0.29) is 31.2 Å². The number of quaternary nitrogens is 1. The molecule has 1 N–H and O–H groups in total. The predicted octanol–water partition coefficient (Wildman–Crippen LogP) is 5.76. The van der Waals surface area contributed by atoms with Crippen LogP contribution in [0.3, 0.4) is 0 Å². The Labute approximate surface area is 263 Å². The van der Waals surface area contributed by atoms with E-state index in [0.29, 0.717) is 42.7 Å². The first-order valence-electron chi connectivity index (χ1n) is 16.1. The van der Waals surface area contributed by atoms with Gasteiger partial charge in [-0.3, -0.25) is 14.5 Å². The van der Waals surface area contributed by atoms with E-state index in [4.69, 9.17) is 14.2 Å². The minimum atomic E-state index is -0.842. The van der Waals surface area contributed by atoms with Crippen LogP contribution in [0.5, 0.6) is 17.2 Å². The van der Waals surface area contributed by atoms with Crippen molar-refractivity contribution in [3.63, 3.8) is 0 Å². The number of carboxylic acid groups (broad SMARTS) is 1. The molecular formula is C35H52N3O6+. The van der Waals surface area contributed by atoms with Gasteiger partial charge in [0.05, 0.1) is 40.7 Å². The summed E-state index contributed by atoms with van der Waals surface area (Å²) in [5, 5.41) is 10.6. The lowest BCUT2D eigenvalue weighted by molar-refractivity contribution is -0.884. The monoisotopic (exact) mass is 610 g/mol. The number of amides is 1. The van der Waals surface area contributed by atoms with Crippen molar-refractivity contribution in [2.24, 2.45) is 11.8 Å². The SMILES string of the molecule is CCCCN(C(=O)CN1C[C@H](c2cc(OC)c3c(c2)OCO3)C(C(=O)O)[C@@H]1CC(C)CCC)c1cccc(C[N+](C)(C)C)c1. The first-order chi connectivity index (χ1) is 20.9. The maximum Gasteiger partial charge on any atom is 0.308 e. The summed E-state index contributed by atoms with van der Waals surface area (Å²) in [5.41, 5.74) is 2.91. The normalized spacial score (nSPS) is 20.5. The molecule has 0 aromatic heterocycles. The maximum absolute atomic E-state index is 14.2. The number of hydrogen-bond donors (Lipinski definition) is 1. The molecule has 0 radical (unpaired) electrons. The fourth-order valence-corrected chi connectivity index (χ4v) is 6.85. The van der Waals surface area contributed by atoms with Gasteiger partial charge in [0.1, 0.15) is 6.54 Å². The van der Waals surface area contributed by atoms with Crippen LogP contribution < -0.4 is 19.1 Å². The molecule has 4 rings (SSSR count). The first kappa shape index (κ1) is 33.6. The van der Waals surface area contributed by atoms with Crippen molar-refractivity contribution in [3.05, 3.63) is 47.5 Å². The zero-order valence-electron chi connectivity index (χ0n) is 27.7. The molecule has 2 aromatic rings. The van der Waals surface area contributed by atoms with Crippen molar-refractivity contribution in [1.29, 1.82) is 0 Å². The van der Waals surface area contributed by atoms with Gasteiger partial charge in [-0.25, -0.2) is 0 Å². The number of likely N-dealkylation sites (tertiary alicyclic amines) is 1. The van der Waals surface area contributed by atoms with Gasteiger partial charge in [-0.15, -0.1) is 0 Å². The highest BCUT2D eigenvalue weighted by atomic mass is 16.7. The molecule has 2 aliphatic rings. The molecule has 1 amide bonds. The molecule has 44 heavy (non-hydrogen) atoms. The Kier molecular flexibility index (Phi) is 11.2. The van der Waals surface area contributed by atoms with Crippen LogP contribution in [0.2, 0.25) is 0 Å². The van der Waals surface area contributed by atoms with Gasteiger partial charge in [-0.1, -0.05) is 52.2 Å². The van der Waals surface area contributed by atoms with Crippen LogP contribution in [0, 0.1) is 11.8 Å². The van der Waals surface area contributed by atoms with Gasteiger partial charge in [-0.05, 0) is 48.6 Å². The molecule has 1 fully saturated rings. The summed E-state index contributed by atoms with van der Waals surface area (Å²) in [6.45, 7) is 8.67. The van der Waals surface area contributed by atoms with Crippen molar-refractivity contribution in [2.75, 3.05) is 59.6 Å². The van der Waals surface area contributed by atoms with Crippen molar-refractivity contribution in [3.8, 4) is 17.2 Å². The highest BCUT2D eigenvalue weighted by Crippen LogP contribution is 2.47. The Morgan fingerprint density at radius 3 is 2.57 bits per heavy atom. The van der Waals surface area contributed by atoms with Gasteiger partial charge in [0.15, 0.2) is 11.5 Å². The third-order valence-electron chi connectivity index (χ3n) is 8.82. The smallest absolute Gasteiger partial charge is 0.308 e. The fourth-order valence-electron chi connectivity index (χ4n) is 6.85. The number of unbranched alkanes of at least 4 members (excludes halogenated alkanes) is 1. The molecule has 9 nitrogen and oxygen atoms in total. The largest absolute Gasteiger partial charge is 0.493 e. The Morgan fingerprint density at radius 2 is 1.91 bits per heavy atom. The predicted molar refractivity (Wildman–Crippen MR) is 172 cm³/mol. The van der Waals surface area contributed by atoms with E-state index in [2.05, 4.69) is 58.9 Å². The Hall–Kier alpha value is -3.30. The van der Waals surface area contributed by atoms with Crippen LogP contribution in [0.4, 0.5) is 5.69 Å². The summed E-state index contributed by atoms with van der Waals surface area (Å²) in [4.78, 5) is 31.2. The molecule has 2 aromatic carbocycles. The zero-order valence-corrected chi connectivity index (χ0v) is 27.7. The van der Waals surface area contributed by atoms with Crippen molar-refractivity contribution >= 4 is 17.6 Å². The van der Waals surface area contributed by atoms with E-state index < -0.39 is 11.9 Å². The summed E-state index contributed by atoms with van der Waals surface area (Å²) in [6, 6.07) is 11.8. The molecule has 0 aliphatic carbocycles. The Morgan fingerprint density at radius 1 is 1.14 bits per heavy atom. The molecule has 4 atom stereocenters. The van der Waals surface area contributed by atoms with Gasteiger partial charge >= 0.3 is 5.97 Å². The van der Waals surface area contributed by atoms with Crippen LogP contribution in [-0.4, -0.2) is 87.1 Å². The summed E-state index contributed by atoms with van der Waals surface area (Å²) in [5.74, 6) is 0.118. The molecule has 0 saturated carbocycles. The van der Waals surface area contributed by atoms with Gasteiger partial charge in [0, 0.05) is 36.3 Å². The van der Waals surface area contributed by atoms with Crippen LogP contribution in [0.25, 0.3) is 0 Å². The van der Waals surface area contributed by atoms with E-state index in [0.717, 1.165) is 48.0 Å².